The largest absolute Gasteiger partial charge is 0.328 e. The molecule has 0 N–H and O–H groups in total. The molecule has 1 saturated heterocycles. The Morgan fingerprint density at radius 1 is 1.22 bits per heavy atom. The molecular weight excluding hydrogens is 228 g/mol. The minimum atomic E-state index is -0.156. The van der Waals surface area contributed by atoms with Crippen LogP contribution >= 0.6 is 0 Å². The highest BCUT2D eigenvalue weighted by atomic mass is 16.2. The van der Waals surface area contributed by atoms with E-state index in [0.717, 1.165) is 0 Å². The van der Waals surface area contributed by atoms with E-state index in [0.29, 0.717) is 12.2 Å². The molecule has 0 aliphatic carbocycles. The Kier molecular flexibility index (Phi) is 3.36. The lowest BCUT2D eigenvalue weighted by Crippen LogP contribution is -2.57. The maximum absolute atomic E-state index is 12.4. The zero-order valence-corrected chi connectivity index (χ0v) is 11.0. The molecule has 0 aromatic heterocycles. The van der Waals surface area contributed by atoms with Gasteiger partial charge >= 0.3 is 0 Å². The molecule has 0 bridgehead atoms. The molecule has 4 nitrogen and oxygen atoms in total. The van der Waals surface area contributed by atoms with Crippen molar-refractivity contribution >= 4 is 11.8 Å². The Hall–Kier alpha value is -1.84. The predicted octanol–water partition coefficient (Wildman–Crippen LogP) is 1.58. The van der Waals surface area contributed by atoms with Gasteiger partial charge in [0.05, 0.1) is 12.6 Å². The van der Waals surface area contributed by atoms with Crippen molar-refractivity contribution in [3.63, 3.8) is 0 Å². The van der Waals surface area contributed by atoms with Gasteiger partial charge in [0.2, 0.25) is 5.91 Å². The summed E-state index contributed by atoms with van der Waals surface area (Å²) in [5.41, 5.74) is 0.666. The molecule has 1 aromatic rings. The number of hydrogen-bond donors (Lipinski definition) is 0. The average molecular weight is 246 g/mol. The fourth-order valence-corrected chi connectivity index (χ4v) is 2.25. The molecule has 4 heteroatoms. The fraction of sp³-hybridized carbons (Fsp3) is 0.429. The normalized spacial score (nSPS) is 24.3. The molecule has 96 valence electrons. The molecule has 0 radical (unpaired) electrons. The first-order chi connectivity index (χ1) is 8.52. The monoisotopic (exact) mass is 246 g/mol. The lowest BCUT2D eigenvalue weighted by molar-refractivity contribution is -0.142. The molecule has 0 unspecified atom stereocenters. The van der Waals surface area contributed by atoms with Gasteiger partial charge in [-0.25, -0.2) is 0 Å². The van der Waals surface area contributed by atoms with Gasteiger partial charge in [-0.3, -0.25) is 9.59 Å². The first-order valence-corrected chi connectivity index (χ1v) is 6.13. The molecular formula is C14H18N2O2. The molecule has 0 spiro atoms. The summed E-state index contributed by atoms with van der Waals surface area (Å²) in [6.45, 7) is 4.16. The van der Waals surface area contributed by atoms with Crippen LogP contribution in [0.4, 0.5) is 0 Å². The Morgan fingerprint density at radius 2 is 1.83 bits per heavy atom. The fourth-order valence-electron chi connectivity index (χ4n) is 2.25. The topological polar surface area (TPSA) is 40.6 Å². The van der Waals surface area contributed by atoms with Crippen molar-refractivity contribution in [1.82, 2.24) is 9.80 Å². The van der Waals surface area contributed by atoms with Crippen molar-refractivity contribution in [3.05, 3.63) is 35.9 Å². The number of rotatable bonds is 1. The van der Waals surface area contributed by atoms with Gasteiger partial charge in [0.15, 0.2) is 0 Å². The second-order valence-electron chi connectivity index (χ2n) is 4.85. The van der Waals surface area contributed by atoms with Crippen LogP contribution < -0.4 is 0 Å². The van der Waals surface area contributed by atoms with Crippen LogP contribution in [0.2, 0.25) is 0 Å². The lowest BCUT2D eigenvalue weighted by atomic mass is 9.97. The average Bonchev–Trinajstić information content (AvgIpc) is 2.41. The summed E-state index contributed by atoms with van der Waals surface area (Å²) in [6.07, 6.45) is 0. The van der Waals surface area contributed by atoms with Crippen molar-refractivity contribution < 1.29 is 9.59 Å². The van der Waals surface area contributed by atoms with Gasteiger partial charge in [-0.05, 0) is 19.1 Å². The van der Waals surface area contributed by atoms with Crippen molar-refractivity contribution in [3.8, 4) is 0 Å². The van der Waals surface area contributed by atoms with Crippen molar-refractivity contribution in [1.29, 1.82) is 0 Å². The van der Waals surface area contributed by atoms with E-state index in [4.69, 9.17) is 0 Å². The van der Waals surface area contributed by atoms with Crippen LogP contribution in [-0.4, -0.2) is 41.4 Å². The van der Waals surface area contributed by atoms with Gasteiger partial charge in [0, 0.05) is 18.7 Å². The summed E-state index contributed by atoms with van der Waals surface area (Å²) >= 11 is 0. The van der Waals surface area contributed by atoms with Crippen molar-refractivity contribution in [2.45, 2.75) is 19.9 Å². The van der Waals surface area contributed by atoms with Gasteiger partial charge in [-0.2, -0.15) is 0 Å². The maximum Gasteiger partial charge on any atom is 0.255 e. The third kappa shape index (κ3) is 2.10. The second kappa shape index (κ2) is 4.80. The zero-order valence-electron chi connectivity index (χ0n) is 11.0. The standard InChI is InChI=1S/C14H18N2O2/c1-10-11(2)16(9-15(3)13(10)17)14(18)12-7-5-4-6-8-12/h4-8,10-11H,9H2,1-3H3/t10-,11-/m0/s1. The highest BCUT2D eigenvalue weighted by Gasteiger charge is 2.36. The lowest BCUT2D eigenvalue weighted by Gasteiger charge is -2.41. The number of amides is 2. The first kappa shape index (κ1) is 12.6. The van der Waals surface area contributed by atoms with E-state index >= 15 is 0 Å². The Labute approximate surface area is 107 Å². The molecule has 2 atom stereocenters. The molecule has 1 fully saturated rings. The van der Waals surface area contributed by atoms with E-state index in [-0.39, 0.29) is 23.8 Å². The van der Waals surface area contributed by atoms with Crippen LogP contribution in [0.5, 0.6) is 0 Å². The number of hydrogen-bond acceptors (Lipinski definition) is 2. The second-order valence-corrected chi connectivity index (χ2v) is 4.85. The maximum atomic E-state index is 12.4. The molecule has 1 aliphatic rings. The predicted molar refractivity (Wildman–Crippen MR) is 68.9 cm³/mol. The summed E-state index contributed by atoms with van der Waals surface area (Å²) in [5, 5.41) is 0. The van der Waals surface area contributed by atoms with E-state index in [9.17, 15) is 9.59 Å². The van der Waals surface area contributed by atoms with Gasteiger partial charge < -0.3 is 9.80 Å². The Bertz CT molecular complexity index is 458. The smallest absolute Gasteiger partial charge is 0.255 e. The summed E-state index contributed by atoms with van der Waals surface area (Å²) in [5.74, 6) is -0.0784. The summed E-state index contributed by atoms with van der Waals surface area (Å²) in [4.78, 5) is 27.6. The van der Waals surface area contributed by atoms with Gasteiger partial charge in [-0.15, -0.1) is 0 Å². The van der Waals surface area contributed by atoms with Crippen molar-refractivity contribution in [2.24, 2.45) is 5.92 Å². The van der Waals surface area contributed by atoms with E-state index < -0.39 is 0 Å². The highest BCUT2D eigenvalue weighted by Crippen LogP contribution is 2.21. The molecule has 2 rings (SSSR count). The van der Waals surface area contributed by atoms with E-state index in [1.807, 2.05) is 32.0 Å². The molecule has 1 aromatic carbocycles. The Morgan fingerprint density at radius 3 is 2.44 bits per heavy atom. The van der Waals surface area contributed by atoms with Crippen molar-refractivity contribution in [2.75, 3.05) is 13.7 Å². The van der Waals surface area contributed by atoms with Gasteiger partial charge in [-0.1, -0.05) is 25.1 Å². The number of carbonyl (C=O) groups excluding carboxylic acids is 2. The van der Waals surface area contributed by atoms with Crippen LogP contribution in [0.25, 0.3) is 0 Å². The van der Waals surface area contributed by atoms with E-state index in [2.05, 4.69) is 0 Å². The SMILES string of the molecule is C[C@@H]1C(=O)N(C)CN(C(=O)c2ccccc2)[C@H]1C. The van der Waals surface area contributed by atoms with Crippen LogP contribution in [0.3, 0.4) is 0 Å². The molecule has 0 saturated carbocycles. The number of carbonyl (C=O) groups is 2. The number of benzene rings is 1. The third-order valence-corrected chi connectivity index (χ3v) is 3.63. The Balaban J connectivity index is 2.23. The van der Waals surface area contributed by atoms with Crippen LogP contribution in [0.1, 0.15) is 24.2 Å². The zero-order chi connectivity index (χ0) is 13.3. The molecule has 18 heavy (non-hydrogen) atoms. The van der Waals surface area contributed by atoms with Crippen LogP contribution in [-0.2, 0) is 4.79 Å². The minimum Gasteiger partial charge on any atom is -0.328 e. The highest BCUT2D eigenvalue weighted by molar-refractivity contribution is 5.95. The first-order valence-electron chi connectivity index (χ1n) is 6.13. The summed E-state index contributed by atoms with van der Waals surface area (Å²) in [6, 6.07) is 9.11. The summed E-state index contributed by atoms with van der Waals surface area (Å²) < 4.78 is 0. The quantitative estimate of drug-likeness (QED) is 0.755. The molecule has 1 heterocycles. The molecule has 1 aliphatic heterocycles. The van der Waals surface area contributed by atoms with E-state index in [1.165, 1.54) is 0 Å². The van der Waals surface area contributed by atoms with Crippen LogP contribution in [0.15, 0.2) is 30.3 Å². The third-order valence-electron chi connectivity index (χ3n) is 3.63. The van der Waals surface area contributed by atoms with Gasteiger partial charge in [0.25, 0.3) is 5.91 Å². The summed E-state index contributed by atoms with van der Waals surface area (Å²) in [7, 11) is 1.73. The molecule has 2 amide bonds. The van der Waals surface area contributed by atoms with Crippen LogP contribution in [0, 0.1) is 5.92 Å². The van der Waals surface area contributed by atoms with Gasteiger partial charge in [0.1, 0.15) is 0 Å². The van der Waals surface area contributed by atoms with E-state index in [1.54, 1.807) is 29.0 Å². The number of nitrogens with zero attached hydrogens (tertiary/aromatic N) is 2. The minimum absolute atomic E-state index is 0.0192.